The van der Waals surface area contributed by atoms with Gasteiger partial charge in [0.05, 0.1) is 11.9 Å². The maximum Gasteiger partial charge on any atom is 0.241 e. The summed E-state index contributed by atoms with van der Waals surface area (Å²) in [4.78, 5) is 13.9. The van der Waals surface area contributed by atoms with Crippen molar-refractivity contribution in [3.63, 3.8) is 0 Å². The summed E-state index contributed by atoms with van der Waals surface area (Å²) in [7, 11) is 1.64. The van der Waals surface area contributed by atoms with Gasteiger partial charge in [0.15, 0.2) is 0 Å². The molecule has 2 heterocycles. The van der Waals surface area contributed by atoms with Gasteiger partial charge in [-0.2, -0.15) is 5.10 Å². The number of likely N-dealkylation sites (tertiary alicyclic amines) is 1. The van der Waals surface area contributed by atoms with Crippen LogP contribution in [0.5, 0.6) is 0 Å². The van der Waals surface area contributed by atoms with E-state index in [0.717, 1.165) is 18.3 Å². The number of likely N-dealkylation sites (N-methyl/N-ethyl adjacent to an activating group) is 1. The highest BCUT2D eigenvalue weighted by molar-refractivity contribution is 5.75. The lowest BCUT2D eigenvalue weighted by molar-refractivity contribution is -0.121. The number of aromatic nitrogens is 2. The van der Waals surface area contributed by atoms with Crippen LogP contribution in [0.3, 0.4) is 0 Å². The predicted molar refractivity (Wildman–Crippen MR) is 77.5 cm³/mol. The Hall–Kier alpha value is -1.56. The SMILES string of the molecule is CNC(=O)Cn1cc(NC2CC(C)N(C3CC3)C2)cn1. The molecule has 1 aliphatic carbocycles. The fraction of sp³-hybridized carbons (Fsp3) is 0.714. The first-order chi connectivity index (χ1) is 9.65. The second-order valence-electron chi connectivity index (χ2n) is 5.95. The molecule has 0 spiro atoms. The second kappa shape index (κ2) is 5.44. The van der Waals surface area contributed by atoms with Crippen LogP contribution in [0.25, 0.3) is 0 Å². The molecule has 6 nitrogen and oxygen atoms in total. The van der Waals surface area contributed by atoms with Crippen LogP contribution in [-0.2, 0) is 11.3 Å². The number of carbonyl (C=O) groups is 1. The molecule has 3 rings (SSSR count). The molecule has 0 radical (unpaired) electrons. The van der Waals surface area contributed by atoms with Gasteiger partial charge in [0, 0.05) is 37.9 Å². The molecule has 1 amide bonds. The van der Waals surface area contributed by atoms with Gasteiger partial charge in [-0.25, -0.2) is 0 Å². The number of rotatable bonds is 5. The second-order valence-corrected chi connectivity index (χ2v) is 5.95. The molecule has 1 aliphatic heterocycles. The largest absolute Gasteiger partial charge is 0.378 e. The van der Waals surface area contributed by atoms with Gasteiger partial charge >= 0.3 is 0 Å². The zero-order chi connectivity index (χ0) is 14.1. The van der Waals surface area contributed by atoms with E-state index in [9.17, 15) is 4.79 Å². The highest BCUT2D eigenvalue weighted by atomic mass is 16.1. The molecular formula is C14H23N5O. The molecule has 1 saturated carbocycles. The molecule has 1 aromatic rings. The summed E-state index contributed by atoms with van der Waals surface area (Å²) in [5, 5.41) is 10.4. The summed E-state index contributed by atoms with van der Waals surface area (Å²) in [6, 6.07) is 1.98. The number of nitrogens with one attached hydrogen (secondary N) is 2. The molecule has 2 unspecified atom stereocenters. The lowest BCUT2D eigenvalue weighted by Gasteiger charge is -2.19. The minimum Gasteiger partial charge on any atom is -0.378 e. The van der Waals surface area contributed by atoms with Crippen LogP contribution < -0.4 is 10.6 Å². The van der Waals surface area contributed by atoms with E-state index in [4.69, 9.17) is 0 Å². The number of carbonyl (C=O) groups excluding carboxylic acids is 1. The number of hydrogen-bond acceptors (Lipinski definition) is 4. The van der Waals surface area contributed by atoms with Crippen molar-refractivity contribution in [2.24, 2.45) is 0 Å². The third kappa shape index (κ3) is 2.95. The molecule has 2 N–H and O–H groups in total. The number of hydrogen-bond donors (Lipinski definition) is 2. The minimum absolute atomic E-state index is 0.0333. The first-order valence-electron chi connectivity index (χ1n) is 7.41. The maximum absolute atomic E-state index is 11.3. The van der Waals surface area contributed by atoms with Crippen molar-refractivity contribution in [3.05, 3.63) is 12.4 Å². The van der Waals surface area contributed by atoms with E-state index in [1.807, 2.05) is 6.20 Å². The Balaban J connectivity index is 1.54. The van der Waals surface area contributed by atoms with Crippen molar-refractivity contribution >= 4 is 11.6 Å². The number of nitrogens with zero attached hydrogens (tertiary/aromatic N) is 3. The standard InChI is InChI=1S/C14H23N5O/c1-10-5-11(8-19(10)13-3-4-13)17-12-6-16-18(7-12)9-14(20)15-2/h6-7,10-11,13,17H,3-5,8-9H2,1-2H3,(H,15,20). The van der Waals surface area contributed by atoms with Gasteiger partial charge in [-0.05, 0) is 26.2 Å². The van der Waals surface area contributed by atoms with E-state index in [1.54, 1.807) is 17.9 Å². The monoisotopic (exact) mass is 277 g/mol. The van der Waals surface area contributed by atoms with Crippen molar-refractivity contribution in [2.45, 2.75) is 50.9 Å². The van der Waals surface area contributed by atoms with Crippen molar-refractivity contribution in [1.82, 2.24) is 20.0 Å². The molecule has 2 fully saturated rings. The van der Waals surface area contributed by atoms with Crippen molar-refractivity contribution in [3.8, 4) is 0 Å². The van der Waals surface area contributed by atoms with Crippen molar-refractivity contribution in [1.29, 1.82) is 0 Å². The zero-order valence-corrected chi connectivity index (χ0v) is 12.2. The Labute approximate surface area is 119 Å². The summed E-state index contributed by atoms with van der Waals surface area (Å²) in [5.74, 6) is -0.0333. The maximum atomic E-state index is 11.3. The van der Waals surface area contributed by atoms with E-state index in [1.165, 1.54) is 19.3 Å². The summed E-state index contributed by atoms with van der Waals surface area (Å²) < 4.78 is 1.66. The van der Waals surface area contributed by atoms with E-state index < -0.39 is 0 Å². The van der Waals surface area contributed by atoms with E-state index >= 15 is 0 Å². The van der Waals surface area contributed by atoms with Gasteiger partial charge in [0.1, 0.15) is 6.54 Å². The topological polar surface area (TPSA) is 62.2 Å². The number of amides is 1. The third-order valence-corrected chi connectivity index (χ3v) is 4.23. The van der Waals surface area contributed by atoms with Crippen LogP contribution in [0.15, 0.2) is 12.4 Å². The summed E-state index contributed by atoms with van der Waals surface area (Å²) in [5.41, 5.74) is 1.00. The van der Waals surface area contributed by atoms with Crippen LogP contribution in [0.2, 0.25) is 0 Å². The molecule has 110 valence electrons. The van der Waals surface area contributed by atoms with Gasteiger partial charge in [0.2, 0.25) is 5.91 Å². The molecule has 1 aromatic heterocycles. The first-order valence-corrected chi connectivity index (χ1v) is 7.41. The van der Waals surface area contributed by atoms with Crippen LogP contribution in [-0.4, -0.2) is 52.3 Å². The average Bonchev–Trinajstić information content (AvgIpc) is 3.08. The highest BCUT2D eigenvalue weighted by Crippen LogP contribution is 2.33. The Morgan fingerprint density at radius 2 is 2.30 bits per heavy atom. The molecule has 1 saturated heterocycles. The van der Waals surface area contributed by atoms with E-state index in [2.05, 4.69) is 27.6 Å². The normalized spacial score (nSPS) is 26.7. The molecule has 2 atom stereocenters. The smallest absolute Gasteiger partial charge is 0.241 e. The summed E-state index contributed by atoms with van der Waals surface area (Å²) >= 11 is 0. The first kappa shape index (κ1) is 13.4. The van der Waals surface area contributed by atoms with Crippen LogP contribution >= 0.6 is 0 Å². The highest BCUT2D eigenvalue weighted by Gasteiger charge is 2.38. The van der Waals surface area contributed by atoms with Crippen molar-refractivity contribution in [2.75, 3.05) is 18.9 Å². The Bertz CT molecular complexity index is 482. The van der Waals surface area contributed by atoms with Gasteiger partial charge in [-0.3, -0.25) is 14.4 Å². The molecule has 2 aliphatic rings. The van der Waals surface area contributed by atoms with Gasteiger partial charge in [0.25, 0.3) is 0 Å². The molecule has 20 heavy (non-hydrogen) atoms. The zero-order valence-electron chi connectivity index (χ0n) is 12.2. The number of anilines is 1. The lowest BCUT2D eigenvalue weighted by Crippen LogP contribution is -2.30. The Morgan fingerprint density at radius 1 is 1.50 bits per heavy atom. The van der Waals surface area contributed by atoms with E-state index in [0.29, 0.717) is 12.1 Å². The van der Waals surface area contributed by atoms with Gasteiger partial charge in [-0.1, -0.05) is 0 Å². The van der Waals surface area contributed by atoms with Crippen molar-refractivity contribution < 1.29 is 4.79 Å². The third-order valence-electron chi connectivity index (χ3n) is 4.23. The van der Waals surface area contributed by atoms with Gasteiger partial charge in [-0.15, -0.1) is 0 Å². The van der Waals surface area contributed by atoms with Crippen LogP contribution in [0.4, 0.5) is 5.69 Å². The van der Waals surface area contributed by atoms with Crippen LogP contribution in [0, 0.1) is 0 Å². The molecule has 6 heteroatoms. The Morgan fingerprint density at radius 3 is 3.00 bits per heavy atom. The summed E-state index contributed by atoms with van der Waals surface area (Å²) in [6.45, 7) is 3.70. The van der Waals surface area contributed by atoms with E-state index in [-0.39, 0.29) is 12.5 Å². The fourth-order valence-corrected chi connectivity index (χ4v) is 3.06. The molecular weight excluding hydrogens is 254 g/mol. The average molecular weight is 277 g/mol. The molecule has 0 bridgehead atoms. The minimum atomic E-state index is -0.0333. The fourth-order valence-electron chi connectivity index (χ4n) is 3.06. The predicted octanol–water partition coefficient (Wildman–Crippen LogP) is 0.666. The quantitative estimate of drug-likeness (QED) is 0.830. The van der Waals surface area contributed by atoms with Gasteiger partial charge < -0.3 is 10.6 Å². The van der Waals surface area contributed by atoms with Crippen LogP contribution in [0.1, 0.15) is 26.2 Å². The molecule has 0 aromatic carbocycles. The Kier molecular flexibility index (Phi) is 3.65. The lowest BCUT2D eigenvalue weighted by atomic mass is 10.2. The summed E-state index contributed by atoms with van der Waals surface area (Å²) in [6.07, 6.45) is 7.60.